The van der Waals surface area contributed by atoms with Crippen molar-refractivity contribution in [1.29, 1.82) is 0 Å². The molecule has 4 nitrogen and oxygen atoms in total. The summed E-state index contributed by atoms with van der Waals surface area (Å²) in [5.74, 6) is 0.787. The second-order valence-electron chi connectivity index (χ2n) is 2.98. The predicted molar refractivity (Wildman–Crippen MR) is 61.3 cm³/mol. The van der Waals surface area contributed by atoms with Gasteiger partial charge in [0.15, 0.2) is 0 Å². The Morgan fingerprint density at radius 2 is 2.20 bits per heavy atom. The summed E-state index contributed by atoms with van der Waals surface area (Å²) >= 11 is 7.28. The molecule has 0 aliphatic rings. The third kappa shape index (κ3) is 2.64. The normalized spacial score (nSPS) is 10.3. The van der Waals surface area contributed by atoms with E-state index in [1.54, 1.807) is 23.7 Å². The van der Waals surface area contributed by atoms with Crippen LogP contribution in [0.15, 0.2) is 24.0 Å². The van der Waals surface area contributed by atoms with E-state index in [0.717, 1.165) is 17.4 Å². The number of halogens is 1. The summed E-state index contributed by atoms with van der Waals surface area (Å²) in [6.07, 6.45) is 4.98. The number of hydrogen-bond donors (Lipinski definition) is 0. The summed E-state index contributed by atoms with van der Waals surface area (Å²) in [5.41, 5.74) is 0. The van der Waals surface area contributed by atoms with E-state index in [2.05, 4.69) is 15.0 Å². The van der Waals surface area contributed by atoms with Crippen molar-refractivity contribution < 1.29 is 0 Å². The van der Waals surface area contributed by atoms with Gasteiger partial charge in [-0.25, -0.2) is 15.0 Å². The second kappa shape index (κ2) is 4.55. The van der Waals surface area contributed by atoms with Gasteiger partial charge < -0.3 is 4.90 Å². The first-order valence-electron chi connectivity index (χ1n) is 4.33. The van der Waals surface area contributed by atoms with Crippen molar-refractivity contribution in [1.82, 2.24) is 15.0 Å². The Labute approximate surface area is 96.6 Å². The fourth-order valence-electron chi connectivity index (χ4n) is 1.12. The van der Waals surface area contributed by atoms with Crippen molar-refractivity contribution in [2.75, 3.05) is 11.9 Å². The zero-order chi connectivity index (χ0) is 10.7. The Balaban J connectivity index is 2.08. The van der Waals surface area contributed by atoms with Gasteiger partial charge in [0, 0.05) is 18.6 Å². The van der Waals surface area contributed by atoms with Crippen molar-refractivity contribution in [3.63, 3.8) is 0 Å². The van der Waals surface area contributed by atoms with Gasteiger partial charge in [-0.05, 0) is 0 Å². The Hall–Kier alpha value is -1.20. The van der Waals surface area contributed by atoms with Crippen LogP contribution in [0.3, 0.4) is 0 Å². The van der Waals surface area contributed by atoms with Crippen LogP contribution in [-0.2, 0) is 6.54 Å². The molecule has 0 aromatic carbocycles. The van der Waals surface area contributed by atoms with Crippen LogP contribution in [0.1, 0.15) is 5.01 Å². The molecule has 15 heavy (non-hydrogen) atoms. The molecule has 0 unspecified atom stereocenters. The first kappa shape index (κ1) is 10.3. The highest BCUT2D eigenvalue weighted by Crippen LogP contribution is 2.13. The number of thiazole rings is 1. The minimum absolute atomic E-state index is 0.404. The predicted octanol–water partition coefficient (Wildman–Crippen LogP) is 2.22. The fourth-order valence-corrected chi connectivity index (χ4v) is 1.88. The van der Waals surface area contributed by atoms with Gasteiger partial charge >= 0.3 is 0 Å². The average Bonchev–Trinajstić information content (AvgIpc) is 2.71. The molecule has 0 spiro atoms. The topological polar surface area (TPSA) is 41.9 Å². The minimum atomic E-state index is 0.404. The van der Waals surface area contributed by atoms with E-state index in [1.165, 1.54) is 6.20 Å². The van der Waals surface area contributed by atoms with Gasteiger partial charge in [-0.3, -0.25) is 0 Å². The summed E-state index contributed by atoms with van der Waals surface area (Å²) < 4.78 is 0. The van der Waals surface area contributed by atoms with Crippen LogP contribution in [0.5, 0.6) is 0 Å². The zero-order valence-corrected chi connectivity index (χ0v) is 9.66. The molecule has 2 aromatic rings. The highest BCUT2D eigenvalue weighted by Gasteiger charge is 2.05. The van der Waals surface area contributed by atoms with Crippen LogP contribution >= 0.6 is 22.9 Å². The van der Waals surface area contributed by atoms with Crippen molar-refractivity contribution in [3.05, 3.63) is 34.1 Å². The summed E-state index contributed by atoms with van der Waals surface area (Å²) in [6.45, 7) is 0.730. The van der Waals surface area contributed by atoms with E-state index in [0.29, 0.717) is 5.15 Å². The zero-order valence-electron chi connectivity index (χ0n) is 8.09. The van der Waals surface area contributed by atoms with E-state index in [1.807, 2.05) is 17.3 Å². The molecule has 0 bridgehead atoms. The lowest BCUT2D eigenvalue weighted by Crippen LogP contribution is -2.17. The van der Waals surface area contributed by atoms with Gasteiger partial charge in [0.05, 0.1) is 18.9 Å². The number of hydrogen-bond acceptors (Lipinski definition) is 5. The van der Waals surface area contributed by atoms with Crippen LogP contribution in [0, 0.1) is 0 Å². The van der Waals surface area contributed by atoms with E-state index in [4.69, 9.17) is 11.6 Å². The second-order valence-corrected chi connectivity index (χ2v) is 4.35. The average molecular weight is 241 g/mol. The molecule has 0 amide bonds. The van der Waals surface area contributed by atoms with Crippen LogP contribution in [0.2, 0.25) is 5.15 Å². The number of aromatic nitrogens is 3. The largest absolute Gasteiger partial charge is 0.352 e. The molecule has 0 aliphatic carbocycles. The fraction of sp³-hybridized carbons (Fsp3) is 0.222. The van der Waals surface area contributed by atoms with Crippen molar-refractivity contribution in [2.45, 2.75) is 6.54 Å². The van der Waals surface area contributed by atoms with Crippen molar-refractivity contribution in [2.24, 2.45) is 0 Å². The lowest BCUT2D eigenvalue weighted by atomic mass is 10.5. The standard InChI is InChI=1S/C9H9ClN4S/c1-14(6-9-11-2-3-15-9)8-5-12-7(10)4-13-8/h2-5H,6H2,1H3. The third-order valence-electron chi connectivity index (χ3n) is 1.85. The first-order chi connectivity index (χ1) is 7.25. The SMILES string of the molecule is CN(Cc1nccs1)c1cnc(Cl)cn1. The Kier molecular flexibility index (Phi) is 3.13. The number of nitrogens with zero attached hydrogens (tertiary/aromatic N) is 4. The summed E-state index contributed by atoms with van der Waals surface area (Å²) in [7, 11) is 1.94. The van der Waals surface area contributed by atoms with Crippen LogP contribution < -0.4 is 4.90 Å². The van der Waals surface area contributed by atoms with Gasteiger partial charge in [0.2, 0.25) is 0 Å². The Morgan fingerprint density at radius 1 is 1.33 bits per heavy atom. The maximum atomic E-state index is 5.66. The van der Waals surface area contributed by atoms with Gasteiger partial charge in [0.25, 0.3) is 0 Å². The maximum Gasteiger partial charge on any atom is 0.147 e. The summed E-state index contributed by atoms with van der Waals surface area (Å²) in [6, 6.07) is 0. The molecule has 0 fully saturated rings. The molecule has 2 heterocycles. The summed E-state index contributed by atoms with van der Waals surface area (Å²) in [4.78, 5) is 14.3. The molecular formula is C9H9ClN4S. The lowest BCUT2D eigenvalue weighted by molar-refractivity contribution is 0.881. The van der Waals surface area contributed by atoms with Gasteiger partial charge in [-0.2, -0.15) is 0 Å². The van der Waals surface area contributed by atoms with Crippen LogP contribution in [0.25, 0.3) is 0 Å². The van der Waals surface area contributed by atoms with E-state index in [-0.39, 0.29) is 0 Å². The molecular weight excluding hydrogens is 232 g/mol. The highest BCUT2D eigenvalue weighted by molar-refractivity contribution is 7.09. The molecule has 2 rings (SSSR count). The molecule has 0 N–H and O–H groups in total. The summed E-state index contributed by atoms with van der Waals surface area (Å²) in [5, 5.41) is 3.41. The van der Waals surface area contributed by atoms with Crippen molar-refractivity contribution >= 4 is 28.8 Å². The van der Waals surface area contributed by atoms with E-state index < -0.39 is 0 Å². The maximum absolute atomic E-state index is 5.66. The van der Waals surface area contributed by atoms with Crippen LogP contribution in [-0.4, -0.2) is 22.0 Å². The third-order valence-corrected chi connectivity index (χ3v) is 2.81. The molecule has 0 radical (unpaired) electrons. The highest BCUT2D eigenvalue weighted by atomic mass is 35.5. The number of rotatable bonds is 3. The van der Waals surface area contributed by atoms with Crippen molar-refractivity contribution in [3.8, 4) is 0 Å². The molecule has 0 saturated heterocycles. The lowest BCUT2D eigenvalue weighted by Gasteiger charge is -2.15. The minimum Gasteiger partial charge on any atom is -0.352 e. The molecule has 0 saturated carbocycles. The van der Waals surface area contributed by atoms with E-state index in [9.17, 15) is 0 Å². The molecule has 78 valence electrons. The first-order valence-corrected chi connectivity index (χ1v) is 5.58. The van der Waals surface area contributed by atoms with Gasteiger partial charge in [0.1, 0.15) is 16.0 Å². The van der Waals surface area contributed by atoms with E-state index >= 15 is 0 Å². The molecule has 0 aliphatic heterocycles. The molecule has 0 atom stereocenters. The number of anilines is 1. The molecule has 6 heteroatoms. The Bertz CT molecular complexity index is 414. The van der Waals surface area contributed by atoms with Crippen LogP contribution in [0.4, 0.5) is 5.82 Å². The smallest absolute Gasteiger partial charge is 0.147 e. The quantitative estimate of drug-likeness (QED) is 0.825. The van der Waals surface area contributed by atoms with Gasteiger partial charge in [-0.15, -0.1) is 11.3 Å². The van der Waals surface area contributed by atoms with Gasteiger partial charge in [-0.1, -0.05) is 11.6 Å². The molecule has 2 aromatic heterocycles. The monoisotopic (exact) mass is 240 g/mol. The Morgan fingerprint density at radius 3 is 2.80 bits per heavy atom.